The second-order valence-corrected chi connectivity index (χ2v) is 8.17. The molecule has 1 saturated heterocycles. The molecule has 1 amide bonds. The molecule has 1 saturated carbocycles. The number of para-hydroxylation sites is 1. The standard InChI is InChI=1S/C23H37N5O3/c1-18(29)28-15-13-27(14-16-28)12-11-25-23(24-2)26-17-19-7-6-10-21(30-3)22(19)31-20-8-4-5-9-20/h6-7,10,20H,4-5,8-9,11-17H2,1-3H3,(H2,24,25,26). The van der Waals surface area contributed by atoms with Crippen LogP contribution in [0.25, 0.3) is 0 Å². The third-order valence-corrected chi connectivity index (χ3v) is 6.08. The molecule has 1 aliphatic carbocycles. The molecule has 1 aromatic rings. The maximum Gasteiger partial charge on any atom is 0.219 e. The van der Waals surface area contributed by atoms with Crippen LogP contribution in [0.2, 0.25) is 0 Å². The quantitative estimate of drug-likeness (QED) is 0.483. The van der Waals surface area contributed by atoms with E-state index < -0.39 is 0 Å². The summed E-state index contributed by atoms with van der Waals surface area (Å²) in [6.45, 7) is 7.41. The molecule has 0 spiro atoms. The van der Waals surface area contributed by atoms with E-state index in [0.29, 0.717) is 6.54 Å². The fourth-order valence-electron chi connectivity index (χ4n) is 4.19. The number of nitrogens with one attached hydrogen (secondary N) is 2. The van der Waals surface area contributed by atoms with E-state index in [1.165, 1.54) is 12.8 Å². The lowest BCUT2D eigenvalue weighted by Gasteiger charge is -2.34. The van der Waals surface area contributed by atoms with Gasteiger partial charge in [0.2, 0.25) is 5.91 Å². The molecule has 172 valence electrons. The van der Waals surface area contributed by atoms with Crippen molar-refractivity contribution < 1.29 is 14.3 Å². The van der Waals surface area contributed by atoms with Crippen molar-refractivity contribution in [3.63, 3.8) is 0 Å². The molecule has 1 heterocycles. The summed E-state index contributed by atoms with van der Waals surface area (Å²) >= 11 is 0. The van der Waals surface area contributed by atoms with Gasteiger partial charge in [0.25, 0.3) is 0 Å². The summed E-state index contributed by atoms with van der Waals surface area (Å²) in [6, 6.07) is 6.02. The summed E-state index contributed by atoms with van der Waals surface area (Å²) in [4.78, 5) is 20.1. The largest absolute Gasteiger partial charge is 0.493 e. The summed E-state index contributed by atoms with van der Waals surface area (Å²) < 4.78 is 11.9. The Morgan fingerprint density at radius 1 is 1.16 bits per heavy atom. The topological polar surface area (TPSA) is 78.4 Å². The number of carbonyl (C=O) groups excluding carboxylic acids is 1. The Hall–Kier alpha value is -2.48. The van der Waals surface area contributed by atoms with E-state index in [4.69, 9.17) is 9.47 Å². The van der Waals surface area contributed by atoms with Gasteiger partial charge in [-0.15, -0.1) is 0 Å². The van der Waals surface area contributed by atoms with Crippen LogP contribution in [0.15, 0.2) is 23.2 Å². The molecule has 1 aromatic carbocycles. The number of aliphatic imine (C=N–C) groups is 1. The fraction of sp³-hybridized carbons (Fsp3) is 0.652. The van der Waals surface area contributed by atoms with Crippen LogP contribution in [0.1, 0.15) is 38.2 Å². The highest BCUT2D eigenvalue weighted by atomic mass is 16.5. The van der Waals surface area contributed by atoms with Gasteiger partial charge >= 0.3 is 0 Å². The number of piperazine rings is 1. The molecule has 0 atom stereocenters. The SMILES string of the molecule is CN=C(NCCN1CCN(C(C)=O)CC1)NCc1cccc(OC)c1OC1CCCC1. The number of amides is 1. The normalized spacial score (nSPS) is 18.2. The van der Waals surface area contributed by atoms with E-state index >= 15 is 0 Å². The number of carbonyl (C=O) groups is 1. The molecule has 1 aliphatic heterocycles. The van der Waals surface area contributed by atoms with Gasteiger partial charge in [-0.25, -0.2) is 0 Å². The minimum absolute atomic E-state index is 0.163. The maximum absolute atomic E-state index is 11.5. The predicted octanol–water partition coefficient (Wildman–Crippen LogP) is 1.85. The molecule has 0 unspecified atom stereocenters. The van der Waals surface area contributed by atoms with Gasteiger partial charge in [0.05, 0.1) is 13.2 Å². The third-order valence-electron chi connectivity index (χ3n) is 6.08. The van der Waals surface area contributed by atoms with E-state index in [1.807, 2.05) is 17.0 Å². The molecule has 2 aliphatic rings. The second-order valence-electron chi connectivity index (χ2n) is 8.17. The van der Waals surface area contributed by atoms with Crippen molar-refractivity contribution in [2.45, 2.75) is 45.3 Å². The fourth-order valence-corrected chi connectivity index (χ4v) is 4.19. The highest BCUT2D eigenvalue weighted by Crippen LogP contribution is 2.34. The molecule has 8 nitrogen and oxygen atoms in total. The van der Waals surface area contributed by atoms with Crippen LogP contribution in [0.4, 0.5) is 0 Å². The van der Waals surface area contributed by atoms with Crippen LogP contribution in [0.3, 0.4) is 0 Å². The van der Waals surface area contributed by atoms with Gasteiger partial charge in [-0.1, -0.05) is 12.1 Å². The Bertz CT molecular complexity index is 741. The number of rotatable bonds is 8. The summed E-state index contributed by atoms with van der Waals surface area (Å²) in [5.74, 6) is 2.54. The van der Waals surface area contributed by atoms with Crippen LogP contribution in [0.5, 0.6) is 11.5 Å². The number of ether oxygens (including phenoxy) is 2. The number of guanidine groups is 1. The van der Waals surface area contributed by atoms with E-state index in [9.17, 15) is 4.79 Å². The Kier molecular flexibility index (Phi) is 8.82. The van der Waals surface area contributed by atoms with Crippen molar-refractivity contribution in [3.8, 4) is 11.5 Å². The third kappa shape index (κ3) is 6.75. The zero-order valence-corrected chi connectivity index (χ0v) is 19.2. The molecule has 8 heteroatoms. The Balaban J connectivity index is 1.47. The lowest BCUT2D eigenvalue weighted by molar-refractivity contribution is -0.130. The summed E-state index contributed by atoms with van der Waals surface area (Å²) in [6.07, 6.45) is 4.95. The van der Waals surface area contributed by atoms with Crippen molar-refractivity contribution in [2.24, 2.45) is 4.99 Å². The monoisotopic (exact) mass is 431 g/mol. The molecular weight excluding hydrogens is 394 g/mol. The number of nitrogens with zero attached hydrogens (tertiary/aromatic N) is 3. The molecule has 31 heavy (non-hydrogen) atoms. The Morgan fingerprint density at radius 2 is 1.90 bits per heavy atom. The average molecular weight is 432 g/mol. The van der Waals surface area contributed by atoms with Crippen molar-refractivity contribution in [1.82, 2.24) is 20.4 Å². The van der Waals surface area contributed by atoms with Crippen LogP contribution in [0, 0.1) is 0 Å². The lowest BCUT2D eigenvalue weighted by Crippen LogP contribution is -2.50. The minimum Gasteiger partial charge on any atom is -0.493 e. The summed E-state index contributed by atoms with van der Waals surface area (Å²) in [7, 11) is 3.47. The van der Waals surface area contributed by atoms with Crippen molar-refractivity contribution >= 4 is 11.9 Å². The number of methoxy groups -OCH3 is 1. The highest BCUT2D eigenvalue weighted by molar-refractivity contribution is 5.79. The van der Waals surface area contributed by atoms with Gasteiger partial charge in [0, 0.05) is 65.3 Å². The number of hydrogen-bond acceptors (Lipinski definition) is 5. The smallest absolute Gasteiger partial charge is 0.219 e. The molecule has 0 bridgehead atoms. The first kappa shape index (κ1) is 23.2. The van der Waals surface area contributed by atoms with Gasteiger partial charge in [-0.05, 0) is 31.7 Å². The van der Waals surface area contributed by atoms with Gasteiger partial charge in [0.1, 0.15) is 0 Å². The van der Waals surface area contributed by atoms with Crippen molar-refractivity contribution in [3.05, 3.63) is 23.8 Å². The number of benzene rings is 1. The summed E-state index contributed by atoms with van der Waals surface area (Å²) in [5, 5.41) is 6.78. The molecule has 0 radical (unpaired) electrons. The van der Waals surface area contributed by atoms with Crippen molar-refractivity contribution in [2.75, 3.05) is 53.4 Å². The van der Waals surface area contributed by atoms with E-state index in [-0.39, 0.29) is 12.0 Å². The highest BCUT2D eigenvalue weighted by Gasteiger charge is 2.21. The second kappa shape index (κ2) is 11.8. The Morgan fingerprint density at radius 3 is 2.55 bits per heavy atom. The lowest BCUT2D eigenvalue weighted by atomic mass is 10.1. The van der Waals surface area contributed by atoms with Crippen LogP contribution in [-0.2, 0) is 11.3 Å². The first-order valence-electron chi connectivity index (χ1n) is 11.4. The van der Waals surface area contributed by atoms with Crippen LogP contribution < -0.4 is 20.1 Å². The average Bonchev–Trinajstić information content (AvgIpc) is 3.30. The van der Waals surface area contributed by atoms with Crippen LogP contribution >= 0.6 is 0 Å². The zero-order chi connectivity index (χ0) is 22.1. The number of hydrogen-bond donors (Lipinski definition) is 2. The first-order chi connectivity index (χ1) is 15.1. The van der Waals surface area contributed by atoms with E-state index in [0.717, 1.165) is 75.1 Å². The molecular formula is C23H37N5O3. The minimum atomic E-state index is 0.163. The van der Waals surface area contributed by atoms with Gasteiger partial charge < -0.3 is 25.0 Å². The molecule has 3 rings (SSSR count). The zero-order valence-electron chi connectivity index (χ0n) is 19.2. The summed E-state index contributed by atoms with van der Waals surface area (Å²) in [5.41, 5.74) is 1.06. The molecule has 0 aromatic heterocycles. The van der Waals surface area contributed by atoms with Gasteiger partial charge in [-0.3, -0.25) is 14.7 Å². The predicted molar refractivity (Wildman–Crippen MR) is 123 cm³/mol. The maximum atomic E-state index is 11.5. The van der Waals surface area contributed by atoms with Crippen LogP contribution in [-0.4, -0.2) is 81.2 Å². The van der Waals surface area contributed by atoms with E-state index in [1.54, 1.807) is 21.1 Å². The Labute approximate surface area is 186 Å². The molecule has 2 fully saturated rings. The van der Waals surface area contributed by atoms with Gasteiger partial charge in [-0.2, -0.15) is 0 Å². The van der Waals surface area contributed by atoms with Crippen molar-refractivity contribution in [1.29, 1.82) is 0 Å². The van der Waals surface area contributed by atoms with E-state index in [2.05, 4.69) is 26.6 Å². The van der Waals surface area contributed by atoms with Gasteiger partial charge in [0.15, 0.2) is 17.5 Å². The molecule has 2 N–H and O–H groups in total. The first-order valence-corrected chi connectivity index (χ1v) is 11.4.